The molecule has 0 saturated carbocycles. The van der Waals surface area contributed by atoms with Crippen molar-refractivity contribution in [3.05, 3.63) is 0 Å². The molecule has 6 nitrogen and oxygen atoms in total. The van der Waals surface area contributed by atoms with Crippen LogP contribution in [-0.2, 0) is 19.1 Å². The van der Waals surface area contributed by atoms with Gasteiger partial charge in [-0.15, -0.1) is 0 Å². The van der Waals surface area contributed by atoms with Gasteiger partial charge in [-0.25, -0.2) is 4.79 Å². The van der Waals surface area contributed by atoms with Crippen molar-refractivity contribution in [1.82, 2.24) is 4.90 Å². The van der Waals surface area contributed by atoms with Gasteiger partial charge in [-0.2, -0.15) is 26.3 Å². The van der Waals surface area contributed by atoms with Gasteiger partial charge in [-0.3, -0.25) is 14.5 Å². The highest BCUT2D eigenvalue weighted by molar-refractivity contribution is 6.03. The zero-order valence-corrected chi connectivity index (χ0v) is 14.0. The van der Waals surface area contributed by atoms with E-state index in [9.17, 15) is 40.7 Å². The smallest absolute Gasteiger partial charge is 0.464 e. The molecule has 2 N–H and O–H groups in total. The quantitative estimate of drug-likeness (QED) is 0.368. The van der Waals surface area contributed by atoms with Crippen molar-refractivity contribution >= 4 is 17.8 Å². The summed E-state index contributed by atoms with van der Waals surface area (Å²) >= 11 is 0. The summed E-state index contributed by atoms with van der Waals surface area (Å²) in [5.41, 5.74) is 5.20. The number of nitrogens with two attached hydrogens (primary N) is 1. The number of alkyl halides is 6. The lowest BCUT2D eigenvalue weighted by molar-refractivity contribution is -0.209. The van der Waals surface area contributed by atoms with Crippen molar-refractivity contribution in [2.75, 3.05) is 13.2 Å². The van der Waals surface area contributed by atoms with Gasteiger partial charge in [0.25, 0.3) is 0 Å². The molecular formula is C14H20F6N2O4. The summed E-state index contributed by atoms with van der Waals surface area (Å²) in [6.07, 6.45) is -11.3. The largest absolute Gasteiger partial charge is 0.471 e. The second-order valence-corrected chi connectivity index (χ2v) is 5.30. The molecule has 0 aliphatic rings. The predicted molar refractivity (Wildman–Crippen MR) is 76.5 cm³/mol. The molecule has 12 heteroatoms. The molecule has 0 aliphatic heterocycles. The van der Waals surface area contributed by atoms with Crippen LogP contribution in [0.5, 0.6) is 0 Å². The molecule has 0 radical (unpaired) electrons. The Morgan fingerprint density at radius 1 is 0.962 bits per heavy atom. The summed E-state index contributed by atoms with van der Waals surface area (Å²) in [4.78, 5) is 33.7. The summed E-state index contributed by atoms with van der Waals surface area (Å²) in [5.74, 6) is -7.67. The fourth-order valence-corrected chi connectivity index (χ4v) is 1.90. The highest BCUT2D eigenvalue weighted by Crippen LogP contribution is 2.28. The average molecular weight is 394 g/mol. The van der Waals surface area contributed by atoms with E-state index in [-0.39, 0.29) is 26.0 Å². The number of amides is 2. The van der Waals surface area contributed by atoms with E-state index in [1.807, 2.05) is 0 Å². The van der Waals surface area contributed by atoms with Crippen molar-refractivity contribution in [2.45, 2.75) is 57.4 Å². The summed E-state index contributed by atoms with van der Waals surface area (Å²) < 4.78 is 80.7. The number of carbonyl (C=O) groups is 3. The topological polar surface area (TPSA) is 89.7 Å². The molecule has 0 saturated heterocycles. The molecule has 152 valence electrons. The molecule has 0 spiro atoms. The van der Waals surface area contributed by atoms with Crippen molar-refractivity contribution in [2.24, 2.45) is 5.73 Å². The molecule has 1 unspecified atom stereocenters. The minimum absolute atomic E-state index is 0.0536. The Morgan fingerprint density at radius 3 is 1.85 bits per heavy atom. The molecule has 0 heterocycles. The number of ether oxygens (including phenoxy) is 1. The molecule has 26 heavy (non-hydrogen) atoms. The molecule has 0 fully saturated rings. The third-order valence-electron chi connectivity index (χ3n) is 3.18. The number of imide groups is 1. The molecule has 0 aromatic heterocycles. The Kier molecular flexibility index (Phi) is 9.60. The Labute approximate surface area is 145 Å². The molecular weight excluding hydrogens is 374 g/mol. The number of esters is 1. The maximum atomic E-state index is 12.7. The molecule has 1 atom stereocenters. The van der Waals surface area contributed by atoms with Gasteiger partial charge < -0.3 is 10.5 Å². The Bertz CT molecular complexity index is 467. The van der Waals surface area contributed by atoms with Gasteiger partial charge in [-0.1, -0.05) is 13.3 Å². The van der Waals surface area contributed by atoms with Crippen LogP contribution in [0.1, 0.15) is 39.0 Å². The molecule has 0 aromatic carbocycles. The number of rotatable bonds is 9. The van der Waals surface area contributed by atoms with Gasteiger partial charge in [-0.05, 0) is 32.2 Å². The Balaban J connectivity index is 5.77. The van der Waals surface area contributed by atoms with E-state index >= 15 is 0 Å². The van der Waals surface area contributed by atoms with Crippen LogP contribution < -0.4 is 5.73 Å². The van der Waals surface area contributed by atoms with Crippen LogP contribution in [-0.4, -0.2) is 54.2 Å². The highest BCUT2D eigenvalue weighted by atomic mass is 19.4. The van der Waals surface area contributed by atoms with Crippen molar-refractivity contribution < 1.29 is 45.5 Å². The van der Waals surface area contributed by atoms with Gasteiger partial charge in [0.15, 0.2) is 0 Å². The molecule has 0 aromatic rings. The first-order valence-corrected chi connectivity index (χ1v) is 7.76. The van der Waals surface area contributed by atoms with E-state index in [1.54, 1.807) is 6.92 Å². The first-order chi connectivity index (χ1) is 11.9. The normalized spacial score (nSPS) is 13.2. The van der Waals surface area contributed by atoms with Crippen LogP contribution in [0.4, 0.5) is 26.3 Å². The molecule has 0 rings (SSSR count). The van der Waals surface area contributed by atoms with Crippen molar-refractivity contribution in [1.29, 1.82) is 0 Å². The van der Waals surface area contributed by atoms with E-state index in [1.165, 1.54) is 0 Å². The lowest BCUT2D eigenvalue weighted by atomic mass is 10.1. The summed E-state index contributed by atoms with van der Waals surface area (Å²) in [7, 11) is 0. The average Bonchev–Trinajstić information content (AvgIpc) is 2.51. The minimum atomic E-state index is -5.78. The van der Waals surface area contributed by atoms with Crippen LogP contribution in [0.15, 0.2) is 0 Å². The second-order valence-electron chi connectivity index (χ2n) is 5.30. The summed E-state index contributed by atoms with van der Waals surface area (Å²) in [5, 5.41) is 0. The zero-order chi connectivity index (χ0) is 20.5. The van der Waals surface area contributed by atoms with Crippen LogP contribution in [0.2, 0.25) is 0 Å². The third kappa shape index (κ3) is 7.58. The number of unbranched alkanes of at least 4 members (excludes halogenated alkanes) is 2. The van der Waals surface area contributed by atoms with Crippen LogP contribution in [0.3, 0.4) is 0 Å². The lowest BCUT2D eigenvalue weighted by Crippen LogP contribution is -2.57. The maximum Gasteiger partial charge on any atom is 0.471 e. The first-order valence-electron chi connectivity index (χ1n) is 7.76. The van der Waals surface area contributed by atoms with E-state index < -0.39 is 47.5 Å². The third-order valence-corrected chi connectivity index (χ3v) is 3.18. The number of nitrogens with zero attached hydrogens (tertiary/aromatic N) is 1. The highest BCUT2D eigenvalue weighted by Gasteiger charge is 2.55. The van der Waals surface area contributed by atoms with Crippen molar-refractivity contribution in [3.63, 3.8) is 0 Å². The fourth-order valence-electron chi connectivity index (χ4n) is 1.90. The van der Waals surface area contributed by atoms with E-state index in [0.717, 1.165) is 0 Å². The summed E-state index contributed by atoms with van der Waals surface area (Å²) in [6, 6.07) is -2.35. The van der Waals surface area contributed by atoms with Crippen molar-refractivity contribution in [3.8, 4) is 0 Å². The zero-order valence-electron chi connectivity index (χ0n) is 14.0. The lowest BCUT2D eigenvalue weighted by Gasteiger charge is -2.29. The summed E-state index contributed by atoms with van der Waals surface area (Å²) in [6.45, 7) is 1.49. The van der Waals surface area contributed by atoms with Crippen LogP contribution >= 0.6 is 0 Å². The molecule has 2 amide bonds. The first kappa shape index (κ1) is 24.1. The fraction of sp³-hybridized carbons (Fsp3) is 0.786. The van der Waals surface area contributed by atoms with E-state index in [0.29, 0.717) is 12.8 Å². The van der Waals surface area contributed by atoms with Gasteiger partial charge in [0.1, 0.15) is 6.04 Å². The van der Waals surface area contributed by atoms with Gasteiger partial charge in [0.2, 0.25) is 0 Å². The number of hydrogen-bond donors (Lipinski definition) is 1. The number of carbonyl (C=O) groups excluding carboxylic acids is 3. The SMILES string of the molecule is CCCCOC(=O)C(CCCCN)N(C(=O)C(F)(F)F)C(=O)C(F)(F)F. The Morgan fingerprint density at radius 2 is 1.46 bits per heavy atom. The van der Waals surface area contributed by atoms with Crippen LogP contribution in [0.25, 0.3) is 0 Å². The standard InChI is InChI=1S/C14H20F6N2O4/c1-2-3-8-26-10(23)9(6-4-5-7-21)22(11(24)13(15,16)17)12(25)14(18,19)20/h9H,2-8,21H2,1H3. The second kappa shape index (κ2) is 10.3. The van der Waals surface area contributed by atoms with E-state index in [2.05, 4.69) is 4.74 Å². The minimum Gasteiger partial charge on any atom is -0.464 e. The van der Waals surface area contributed by atoms with Gasteiger partial charge >= 0.3 is 30.1 Å². The predicted octanol–water partition coefficient (Wildman–Crippen LogP) is 2.31. The van der Waals surface area contributed by atoms with Gasteiger partial charge in [0, 0.05) is 0 Å². The maximum absolute atomic E-state index is 12.7. The monoisotopic (exact) mass is 394 g/mol. The van der Waals surface area contributed by atoms with E-state index in [4.69, 9.17) is 5.73 Å². The molecule has 0 bridgehead atoms. The van der Waals surface area contributed by atoms with Gasteiger partial charge in [0.05, 0.1) is 6.61 Å². The number of halogens is 6. The molecule has 0 aliphatic carbocycles. The number of hydrogen-bond acceptors (Lipinski definition) is 5. The van der Waals surface area contributed by atoms with Crippen LogP contribution in [0, 0.1) is 0 Å². The Hall–Kier alpha value is -1.85.